The molecule has 1 N–H and O–H groups in total. The Bertz CT molecular complexity index is 1660. The standard InChI is InChI=1S/C29H22ClF3N4O3S/c30-22-14-34-37-11-5-10-23-20(25(22)37)13-24(41-23)26(38)35-17(12-16-6-1-4-9-21(16)29(31,32)33)15-36-27(39)18-7-2-3-8-19(18)28(36)40/h1-4,6-9,13-14,17H,5,10-12,15H2,(H,35,38)/t17-/m0/s1. The molecule has 0 unspecified atom stereocenters. The summed E-state index contributed by atoms with van der Waals surface area (Å²) in [6.07, 6.45) is -1.80. The van der Waals surface area contributed by atoms with Gasteiger partial charge in [0.2, 0.25) is 0 Å². The molecule has 4 heterocycles. The third-order valence-corrected chi connectivity index (χ3v) is 8.73. The summed E-state index contributed by atoms with van der Waals surface area (Å²) in [6.45, 7) is 0.389. The molecule has 2 aromatic carbocycles. The smallest absolute Gasteiger partial charge is 0.346 e. The Morgan fingerprint density at radius 1 is 1.05 bits per heavy atom. The van der Waals surface area contributed by atoms with Crippen LogP contribution in [0.1, 0.15) is 52.8 Å². The van der Waals surface area contributed by atoms with Crippen molar-refractivity contribution >= 4 is 40.7 Å². The fourth-order valence-corrected chi connectivity index (χ4v) is 6.75. The van der Waals surface area contributed by atoms with E-state index >= 15 is 0 Å². The van der Waals surface area contributed by atoms with Crippen LogP contribution >= 0.6 is 22.9 Å². The lowest BCUT2D eigenvalue weighted by Gasteiger charge is -2.25. The van der Waals surface area contributed by atoms with E-state index in [9.17, 15) is 27.6 Å². The minimum atomic E-state index is -4.62. The molecule has 2 aliphatic rings. The van der Waals surface area contributed by atoms with E-state index in [0.29, 0.717) is 22.9 Å². The quantitative estimate of drug-likeness (QED) is 0.282. The lowest BCUT2D eigenvalue weighted by Crippen LogP contribution is -2.47. The highest BCUT2D eigenvalue weighted by molar-refractivity contribution is 7.14. The summed E-state index contributed by atoms with van der Waals surface area (Å²) in [6, 6.07) is 12.1. The van der Waals surface area contributed by atoms with Crippen molar-refractivity contribution in [1.82, 2.24) is 20.0 Å². The number of carbonyl (C=O) groups is 3. The molecule has 41 heavy (non-hydrogen) atoms. The molecule has 2 aliphatic heterocycles. The first kappa shape index (κ1) is 27.2. The first-order valence-corrected chi connectivity index (χ1v) is 14.1. The number of alkyl halides is 3. The third-order valence-electron chi connectivity index (χ3n) is 7.26. The van der Waals surface area contributed by atoms with Crippen molar-refractivity contribution in [3.05, 3.63) is 97.8 Å². The third kappa shape index (κ3) is 5.04. The van der Waals surface area contributed by atoms with E-state index in [-0.39, 0.29) is 29.7 Å². The molecule has 7 nitrogen and oxygen atoms in total. The van der Waals surface area contributed by atoms with Gasteiger partial charge in [0.05, 0.1) is 44.5 Å². The lowest BCUT2D eigenvalue weighted by molar-refractivity contribution is -0.138. The molecular weight excluding hydrogens is 577 g/mol. The minimum Gasteiger partial charge on any atom is -0.346 e. The molecule has 0 bridgehead atoms. The maximum Gasteiger partial charge on any atom is 0.416 e. The molecule has 1 atom stereocenters. The van der Waals surface area contributed by atoms with E-state index in [2.05, 4.69) is 10.4 Å². The number of nitrogens with zero attached hydrogens (tertiary/aromatic N) is 3. The molecule has 2 aromatic heterocycles. The summed E-state index contributed by atoms with van der Waals surface area (Å²) < 4.78 is 43.2. The number of aryl methyl sites for hydroxylation is 2. The summed E-state index contributed by atoms with van der Waals surface area (Å²) in [5.74, 6) is -1.63. The number of amides is 3. The number of fused-ring (bicyclic) bond motifs is 4. The van der Waals surface area contributed by atoms with Crippen molar-refractivity contribution < 1.29 is 27.6 Å². The summed E-state index contributed by atoms with van der Waals surface area (Å²) in [4.78, 5) is 42.0. The molecule has 0 fully saturated rings. The Morgan fingerprint density at radius 3 is 2.44 bits per heavy atom. The average molecular weight is 599 g/mol. The van der Waals surface area contributed by atoms with Crippen LogP contribution in [0.5, 0.6) is 0 Å². The lowest BCUT2D eigenvalue weighted by atomic mass is 9.99. The van der Waals surface area contributed by atoms with Crippen LogP contribution in [0.2, 0.25) is 5.02 Å². The van der Waals surface area contributed by atoms with Crippen LogP contribution in [0.3, 0.4) is 0 Å². The van der Waals surface area contributed by atoms with Gasteiger partial charge in [0.25, 0.3) is 17.7 Å². The van der Waals surface area contributed by atoms with E-state index in [1.165, 1.54) is 41.7 Å². The summed E-state index contributed by atoms with van der Waals surface area (Å²) in [5, 5.41) is 7.59. The number of aromatic nitrogens is 2. The maximum absolute atomic E-state index is 13.8. The van der Waals surface area contributed by atoms with Crippen LogP contribution in [0.4, 0.5) is 13.2 Å². The largest absolute Gasteiger partial charge is 0.416 e. The average Bonchev–Trinajstić information content (AvgIpc) is 3.55. The molecule has 0 saturated carbocycles. The fraction of sp³-hybridized carbons (Fsp3) is 0.241. The maximum atomic E-state index is 13.8. The molecule has 12 heteroatoms. The Hall–Kier alpha value is -3.96. The van der Waals surface area contributed by atoms with Crippen LogP contribution in [0, 0.1) is 0 Å². The van der Waals surface area contributed by atoms with E-state index in [1.807, 2.05) is 0 Å². The zero-order valence-electron chi connectivity index (χ0n) is 21.4. The van der Waals surface area contributed by atoms with Gasteiger partial charge in [-0.1, -0.05) is 41.9 Å². The van der Waals surface area contributed by atoms with Gasteiger partial charge in [-0.05, 0) is 49.1 Å². The highest BCUT2D eigenvalue weighted by atomic mass is 35.5. The number of carbonyl (C=O) groups excluding carboxylic acids is 3. The highest BCUT2D eigenvalue weighted by Crippen LogP contribution is 2.39. The predicted molar refractivity (Wildman–Crippen MR) is 147 cm³/mol. The molecule has 3 amide bonds. The van der Waals surface area contributed by atoms with Gasteiger partial charge in [-0.25, -0.2) is 0 Å². The van der Waals surface area contributed by atoms with Gasteiger partial charge in [0.1, 0.15) is 0 Å². The number of nitrogens with one attached hydrogen (secondary N) is 1. The number of thiophene rings is 1. The molecule has 0 radical (unpaired) electrons. The normalized spacial score (nSPS) is 15.3. The zero-order valence-corrected chi connectivity index (χ0v) is 22.9. The Kier molecular flexibility index (Phi) is 6.95. The summed E-state index contributed by atoms with van der Waals surface area (Å²) >= 11 is 7.68. The molecule has 210 valence electrons. The van der Waals surface area contributed by atoms with E-state index in [4.69, 9.17) is 11.6 Å². The van der Waals surface area contributed by atoms with Gasteiger partial charge in [0.15, 0.2) is 0 Å². The van der Waals surface area contributed by atoms with Crippen molar-refractivity contribution in [2.24, 2.45) is 0 Å². The number of halogens is 4. The molecule has 6 rings (SSSR count). The minimum absolute atomic E-state index is 0.0560. The second-order valence-electron chi connectivity index (χ2n) is 9.91. The number of benzene rings is 2. The van der Waals surface area contributed by atoms with Gasteiger partial charge < -0.3 is 5.32 Å². The molecular formula is C29H22ClF3N4O3S. The van der Waals surface area contributed by atoms with Crippen molar-refractivity contribution in [2.75, 3.05) is 6.54 Å². The van der Waals surface area contributed by atoms with E-state index in [0.717, 1.165) is 33.5 Å². The van der Waals surface area contributed by atoms with Gasteiger partial charge in [-0.2, -0.15) is 18.3 Å². The van der Waals surface area contributed by atoms with Crippen molar-refractivity contribution in [3.8, 4) is 11.3 Å². The number of hydrogen-bond donors (Lipinski definition) is 1. The van der Waals surface area contributed by atoms with Crippen LogP contribution in [-0.2, 0) is 25.6 Å². The Balaban J connectivity index is 1.32. The highest BCUT2D eigenvalue weighted by Gasteiger charge is 2.38. The zero-order chi connectivity index (χ0) is 28.9. The van der Waals surface area contributed by atoms with Crippen LogP contribution in [-0.4, -0.2) is 45.0 Å². The van der Waals surface area contributed by atoms with Crippen molar-refractivity contribution in [1.29, 1.82) is 0 Å². The Morgan fingerprint density at radius 2 is 1.73 bits per heavy atom. The Labute approximate surface area is 241 Å². The second kappa shape index (κ2) is 10.5. The summed E-state index contributed by atoms with van der Waals surface area (Å²) in [7, 11) is 0. The second-order valence-corrected chi connectivity index (χ2v) is 11.5. The number of imide groups is 1. The van der Waals surface area contributed by atoms with Gasteiger partial charge in [-0.15, -0.1) is 11.3 Å². The van der Waals surface area contributed by atoms with E-state index < -0.39 is 35.5 Å². The molecule has 0 saturated heterocycles. The van der Waals surface area contributed by atoms with Crippen LogP contribution < -0.4 is 5.32 Å². The topological polar surface area (TPSA) is 84.3 Å². The van der Waals surface area contributed by atoms with Crippen LogP contribution in [0.15, 0.2) is 60.8 Å². The fourth-order valence-electron chi connectivity index (χ4n) is 5.40. The van der Waals surface area contributed by atoms with Gasteiger partial charge in [-0.3, -0.25) is 24.0 Å². The number of rotatable bonds is 6. The van der Waals surface area contributed by atoms with Gasteiger partial charge in [0, 0.05) is 23.5 Å². The van der Waals surface area contributed by atoms with Gasteiger partial charge >= 0.3 is 6.18 Å². The first-order chi connectivity index (χ1) is 19.6. The molecule has 0 aliphatic carbocycles. The summed E-state index contributed by atoms with van der Waals surface area (Å²) in [5.41, 5.74) is 1.05. The predicted octanol–water partition coefficient (Wildman–Crippen LogP) is 5.87. The van der Waals surface area contributed by atoms with Crippen molar-refractivity contribution in [2.45, 2.75) is 38.0 Å². The SMILES string of the molecule is O=C(N[C@@H](Cc1ccccc1C(F)(F)F)CN1C(=O)c2ccccc2C1=O)c1cc2c(s1)CCCn1ncc(Cl)c1-2. The number of hydrogen-bond acceptors (Lipinski definition) is 5. The van der Waals surface area contributed by atoms with Crippen molar-refractivity contribution in [3.63, 3.8) is 0 Å². The van der Waals surface area contributed by atoms with Crippen LogP contribution in [0.25, 0.3) is 11.3 Å². The molecule has 0 spiro atoms. The molecule has 4 aromatic rings. The first-order valence-electron chi connectivity index (χ1n) is 12.9. The van der Waals surface area contributed by atoms with E-state index in [1.54, 1.807) is 29.1 Å². The monoisotopic (exact) mass is 598 g/mol.